The number of nitrogens with zero attached hydrogens (tertiary/aromatic N) is 3. The van der Waals surface area contributed by atoms with Crippen LogP contribution in [-0.2, 0) is 14.3 Å². The first-order valence-corrected chi connectivity index (χ1v) is 8.31. The number of hydrogen-bond acceptors (Lipinski definition) is 6. The number of rotatable bonds is 5. The van der Waals surface area contributed by atoms with Gasteiger partial charge in [-0.05, 0) is 19.8 Å². The molecule has 2 fully saturated rings. The lowest BCUT2D eigenvalue weighted by Gasteiger charge is -2.33. The molecule has 132 valence electrons. The van der Waals surface area contributed by atoms with Gasteiger partial charge in [-0.25, -0.2) is 4.79 Å². The van der Waals surface area contributed by atoms with Crippen molar-refractivity contribution in [2.45, 2.75) is 25.9 Å². The van der Waals surface area contributed by atoms with Gasteiger partial charge in [0.15, 0.2) is 0 Å². The fourth-order valence-corrected chi connectivity index (χ4v) is 2.68. The summed E-state index contributed by atoms with van der Waals surface area (Å²) in [4.78, 5) is 27.2. The van der Waals surface area contributed by atoms with Gasteiger partial charge in [0.2, 0.25) is 0 Å². The summed E-state index contributed by atoms with van der Waals surface area (Å²) in [6, 6.07) is 1.94. The average molecular weight is 336 g/mol. The summed E-state index contributed by atoms with van der Waals surface area (Å²) in [6.07, 6.45) is 3.22. The fraction of sp³-hybridized carbons (Fsp3) is 0.688. The fourth-order valence-electron chi connectivity index (χ4n) is 2.68. The van der Waals surface area contributed by atoms with Crippen LogP contribution in [0.3, 0.4) is 0 Å². The number of carbonyl (C=O) groups excluding carboxylic acids is 2. The molecule has 0 radical (unpaired) electrons. The summed E-state index contributed by atoms with van der Waals surface area (Å²) < 4.78 is 10.4. The Morgan fingerprint density at radius 3 is 2.71 bits per heavy atom. The molecular formula is C16H24N4O4. The standard InChI is InChI=1S/C16H24N4O4/c1-2-23-16(22)20-7-5-19(6-8-20)12-13(10-17)15(21)18-11-14-4-3-9-24-14/h12,14H,2-9,11H2,1H3,(H,18,21)/b13-12-. The summed E-state index contributed by atoms with van der Waals surface area (Å²) in [6.45, 7) is 5.40. The van der Waals surface area contributed by atoms with Crippen LogP contribution >= 0.6 is 0 Å². The van der Waals surface area contributed by atoms with Crippen LogP contribution in [0.4, 0.5) is 4.79 Å². The maximum absolute atomic E-state index is 12.1. The van der Waals surface area contributed by atoms with Crippen molar-refractivity contribution in [1.82, 2.24) is 15.1 Å². The van der Waals surface area contributed by atoms with E-state index in [2.05, 4.69) is 5.32 Å². The molecule has 0 aromatic heterocycles. The number of nitrogens with one attached hydrogen (secondary N) is 1. The van der Waals surface area contributed by atoms with Gasteiger partial charge in [0.1, 0.15) is 11.6 Å². The Hall–Kier alpha value is -2.27. The van der Waals surface area contributed by atoms with Crippen LogP contribution in [0, 0.1) is 11.3 Å². The van der Waals surface area contributed by atoms with E-state index in [0.29, 0.717) is 39.3 Å². The topological polar surface area (TPSA) is 94.9 Å². The second-order valence-corrected chi connectivity index (χ2v) is 5.72. The minimum Gasteiger partial charge on any atom is -0.450 e. The molecule has 1 N–H and O–H groups in total. The second kappa shape index (κ2) is 9.13. The van der Waals surface area contributed by atoms with E-state index in [-0.39, 0.29) is 23.7 Å². The second-order valence-electron chi connectivity index (χ2n) is 5.72. The highest BCUT2D eigenvalue weighted by Crippen LogP contribution is 2.11. The molecule has 8 nitrogen and oxygen atoms in total. The van der Waals surface area contributed by atoms with Crippen molar-refractivity contribution in [1.29, 1.82) is 5.26 Å². The Bertz CT molecular complexity index is 515. The summed E-state index contributed by atoms with van der Waals surface area (Å²) in [5.41, 5.74) is 0.0672. The third-order valence-corrected chi connectivity index (χ3v) is 4.03. The number of amides is 2. The lowest BCUT2D eigenvalue weighted by Crippen LogP contribution is -2.47. The van der Waals surface area contributed by atoms with E-state index in [9.17, 15) is 14.9 Å². The van der Waals surface area contributed by atoms with Gasteiger partial charge in [-0.15, -0.1) is 0 Å². The summed E-state index contributed by atoms with van der Waals surface area (Å²) >= 11 is 0. The number of carbonyl (C=O) groups is 2. The molecule has 2 saturated heterocycles. The predicted octanol–water partition coefficient (Wildman–Crippen LogP) is 0.463. The van der Waals surface area contributed by atoms with Crippen molar-refractivity contribution in [2.75, 3.05) is 45.9 Å². The SMILES string of the molecule is CCOC(=O)N1CCN(/C=C(/C#N)C(=O)NCC2CCCO2)CC1. The maximum atomic E-state index is 12.1. The Balaban J connectivity index is 1.81. The molecule has 2 amide bonds. The molecule has 0 saturated carbocycles. The van der Waals surface area contributed by atoms with Crippen molar-refractivity contribution in [3.63, 3.8) is 0 Å². The number of hydrogen-bond donors (Lipinski definition) is 1. The Morgan fingerprint density at radius 1 is 1.38 bits per heavy atom. The molecule has 0 spiro atoms. The lowest BCUT2D eigenvalue weighted by molar-refractivity contribution is -0.117. The van der Waals surface area contributed by atoms with Crippen LogP contribution < -0.4 is 5.32 Å². The largest absolute Gasteiger partial charge is 0.450 e. The minimum absolute atomic E-state index is 0.0435. The zero-order chi connectivity index (χ0) is 17.4. The van der Waals surface area contributed by atoms with Crippen molar-refractivity contribution >= 4 is 12.0 Å². The van der Waals surface area contributed by atoms with E-state index >= 15 is 0 Å². The lowest BCUT2D eigenvalue weighted by atomic mass is 10.2. The molecule has 0 aliphatic carbocycles. The quantitative estimate of drug-likeness (QED) is 0.579. The predicted molar refractivity (Wildman–Crippen MR) is 85.8 cm³/mol. The van der Waals surface area contributed by atoms with E-state index in [1.807, 2.05) is 11.0 Å². The molecule has 2 heterocycles. The highest BCUT2D eigenvalue weighted by Gasteiger charge is 2.22. The van der Waals surface area contributed by atoms with Crippen LogP contribution in [0.25, 0.3) is 0 Å². The van der Waals surface area contributed by atoms with Gasteiger partial charge >= 0.3 is 6.09 Å². The molecule has 1 atom stereocenters. The van der Waals surface area contributed by atoms with Gasteiger partial charge in [0, 0.05) is 45.5 Å². The van der Waals surface area contributed by atoms with Gasteiger partial charge in [0.05, 0.1) is 12.7 Å². The van der Waals surface area contributed by atoms with Crippen LogP contribution in [0.1, 0.15) is 19.8 Å². The Labute approximate surface area is 142 Å². The molecule has 0 bridgehead atoms. The molecule has 0 aromatic rings. The van der Waals surface area contributed by atoms with Gasteiger partial charge in [-0.3, -0.25) is 4.79 Å². The smallest absolute Gasteiger partial charge is 0.409 e. The summed E-state index contributed by atoms with van der Waals surface area (Å²) in [5, 5.41) is 12.0. The first kappa shape index (κ1) is 18.1. The van der Waals surface area contributed by atoms with Crippen molar-refractivity contribution in [3.05, 3.63) is 11.8 Å². The molecule has 1 unspecified atom stereocenters. The monoisotopic (exact) mass is 336 g/mol. The molecular weight excluding hydrogens is 312 g/mol. The van der Waals surface area contributed by atoms with Crippen LogP contribution in [0.2, 0.25) is 0 Å². The highest BCUT2D eigenvalue weighted by atomic mass is 16.6. The van der Waals surface area contributed by atoms with Crippen molar-refractivity contribution in [3.8, 4) is 6.07 Å². The summed E-state index contributed by atoms with van der Waals surface area (Å²) in [5.74, 6) is -0.388. The number of nitriles is 1. The zero-order valence-corrected chi connectivity index (χ0v) is 14.0. The van der Waals surface area contributed by atoms with Gasteiger partial charge in [-0.2, -0.15) is 5.26 Å². The number of ether oxygens (including phenoxy) is 2. The summed E-state index contributed by atoms with van der Waals surface area (Å²) in [7, 11) is 0. The first-order chi connectivity index (χ1) is 11.6. The molecule has 0 aromatic carbocycles. The average Bonchev–Trinajstić information content (AvgIpc) is 3.12. The van der Waals surface area contributed by atoms with Crippen LogP contribution in [0.5, 0.6) is 0 Å². The molecule has 2 rings (SSSR count). The third kappa shape index (κ3) is 5.13. The van der Waals surface area contributed by atoms with E-state index in [1.54, 1.807) is 18.0 Å². The van der Waals surface area contributed by atoms with Crippen molar-refractivity contribution < 1.29 is 19.1 Å². The Kier molecular flexibility index (Phi) is 6.88. The van der Waals surface area contributed by atoms with Crippen LogP contribution in [0.15, 0.2) is 11.8 Å². The van der Waals surface area contributed by atoms with Crippen LogP contribution in [-0.4, -0.2) is 73.8 Å². The van der Waals surface area contributed by atoms with E-state index < -0.39 is 0 Å². The van der Waals surface area contributed by atoms with E-state index in [0.717, 1.165) is 19.4 Å². The molecule has 2 aliphatic rings. The van der Waals surface area contributed by atoms with Gasteiger partial charge < -0.3 is 24.6 Å². The molecule has 24 heavy (non-hydrogen) atoms. The maximum Gasteiger partial charge on any atom is 0.409 e. The highest BCUT2D eigenvalue weighted by molar-refractivity contribution is 5.97. The number of piperazine rings is 1. The van der Waals surface area contributed by atoms with E-state index in [1.165, 1.54) is 0 Å². The first-order valence-electron chi connectivity index (χ1n) is 8.31. The Morgan fingerprint density at radius 2 is 2.12 bits per heavy atom. The molecule has 8 heteroatoms. The van der Waals surface area contributed by atoms with Crippen molar-refractivity contribution in [2.24, 2.45) is 0 Å². The third-order valence-electron chi connectivity index (χ3n) is 4.03. The minimum atomic E-state index is -0.388. The van der Waals surface area contributed by atoms with E-state index in [4.69, 9.17) is 9.47 Å². The normalized spacial score (nSPS) is 21.3. The zero-order valence-electron chi connectivity index (χ0n) is 14.0. The van der Waals surface area contributed by atoms with Gasteiger partial charge in [0.25, 0.3) is 5.91 Å². The van der Waals surface area contributed by atoms with Gasteiger partial charge in [-0.1, -0.05) is 0 Å². The molecule has 2 aliphatic heterocycles.